The molecule has 1 saturated carbocycles. The smallest absolute Gasteiger partial charge is 0.414 e. The van der Waals surface area contributed by atoms with E-state index in [1.807, 2.05) is 0 Å². The molecule has 0 aliphatic heterocycles. The molecule has 7 nitrogen and oxygen atoms in total. The average Bonchev–Trinajstić information content (AvgIpc) is 2.72. The Labute approximate surface area is 193 Å². The third kappa shape index (κ3) is 4.78. The van der Waals surface area contributed by atoms with Crippen LogP contribution in [0.3, 0.4) is 0 Å². The monoisotopic (exact) mass is 472 g/mol. The van der Waals surface area contributed by atoms with E-state index in [9.17, 15) is 13.8 Å². The Morgan fingerprint density at radius 3 is 2.70 bits per heavy atom. The first-order valence-corrected chi connectivity index (χ1v) is 11.9. The lowest BCUT2D eigenvalue weighted by molar-refractivity contribution is 0.172. The fourth-order valence-corrected chi connectivity index (χ4v) is 4.90. The van der Waals surface area contributed by atoms with Crippen LogP contribution in [0.1, 0.15) is 36.0 Å². The Kier molecular flexibility index (Phi) is 6.51. The summed E-state index contributed by atoms with van der Waals surface area (Å²) in [4.78, 5) is 25.8. The van der Waals surface area contributed by atoms with Crippen LogP contribution in [0.4, 0.5) is 14.9 Å². The molecular formula is C24H25FN2O5S. The molecule has 33 heavy (non-hydrogen) atoms. The molecule has 0 bridgehead atoms. The number of ether oxygens (including phenoxy) is 1. The van der Waals surface area contributed by atoms with Crippen LogP contribution < -0.4 is 15.1 Å². The minimum absolute atomic E-state index is 0.0267. The highest BCUT2D eigenvalue weighted by atomic mass is 32.2. The summed E-state index contributed by atoms with van der Waals surface area (Å²) >= 11 is 0. The van der Waals surface area contributed by atoms with Gasteiger partial charge in [0.05, 0.1) is 10.9 Å². The summed E-state index contributed by atoms with van der Waals surface area (Å²) in [5, 5.41) is 0.708. The van der Waals surface area contributed by atoms with E-state index in [4.69, 9.17) is 9.15 Å². The zero-order chi connectivity index (χ0) is 23.7. The van der Waals surface area contributed by atoms with Crippen molar-refractivity contribution in [1.82, 2.24) is 4.90 Å². The molecule has 1 fully saturated rings. The van der Waals surface area contributed by atoms with Crippen LogP contribution in [-0.4, -0.2) is 34.5 Å². The number of benzene rings is 2. The van der Waals surface area contributed by atoms with Crippen LogP contribution in [0.2, 0.25) is 0 Å². The molecular weight excluding hydrogens is 447 g/mol. The van der Waals surface area contributed by atoms with Gasteiger partial charge in [-0.2, -0.15) is 0 Å². The maximum absolute atomic E-state index is 15.1. The number of hydrogen-bond acceptors (Lipinski definition) is 5. The van der Waals surface area contributed by atoms with Crippen molar-refractivity contribution in [3.05, 3.63) is 69.3 Å². The lowest BCUT2D eigenvalue weighted by Crippen LogP contribution is -2.28. The van der Waals surface area contributed by atoms with E-state index in [1.165, 1.54) is 11.0 Å². The average molecular weight is 473 g/mol. The zero-order valence-corrected chi connectivity index (χ0v) is 19.5. The largest absolute Gasteiger partial charge is 0.422 e. The number of carbonyl (C=O) groups excluding carboxylic acids is 1. The van der Waals surface area contributed by atoms with Crippen molar-refractivity contribution in [3.8, 4) is 5.75 Å². The van der Waals surface area contributed by atoms with Gasteiger partial charge in [0.15, 0.2) is 5.82 Å². The van der Waals surface area contributed by atoms with Crippen LogP contribution >= 0.6 is 0 Å². The molecule has 2 aromatic carbocycles. The molecule has 1 aliphatic rings. The Morgan fingerprint density at radius 2 is 2.03 bits per heavy atom. The second-order valence-corrected chi connectivity index (χ2v) is 9.79. The first kappa shape index (κ1) is 23.0. The molecule has 0 radical (unpaired) electrons. The second-order valence-electron chi connectivity index (χ2n) is 8.32. The van der Waals surface area contributed by atoms with Crippen molar-refractivity contribution in [2.75, 3.05) is 18.8 Å². The van der Waals surface area contributed by atoms with Gasteiger partial charge >= 0.3 is 11.7 Å². The van der Waals surface area contributed by atoms with E-state index < -0.39 is 28.5 Å². The van der Waals surface area contributed by atoms with Crippen molar-refractivity contribution in [2.24, 2.45) is 0 Å². The lowest BCUT2D eigenvalue weighted by atomic mass is 9.99. The maximum Gasteiger partial charge on any atom is 0.414 e. The summed E-state index contributed by atoms with van der Waals surface area (Å²) in [5.74, 6) is -0.282. The third-order valence-corrected chi connectivity index (χ3v) is 7.34. The van der Waals surface area contributed by atoms with Crippen LogP contribution in [0.5, 0.6) is 5.75 Å². The van der Waals surface area contributed by atoms with Crippen molar-refractivity contribution >= 4 is 33.7 Å². The van der Waals surface area contributed by atoms with Gasteiger partial charge < -0.3 is 18.8 Å². The molecule has 1 aliphatic carbocycles. The molecule has 174 valence electrons. The Bertz CT molecular complexity index is 1300. The van der Waals surface area contributed by atoms with E-state index in [0.29, 0.717) is 22.1 Å². The highest BCUT2D eigenvalue weighted by molar-refractivity contribution is 7.87. The van der Waals surface area contributed by atoms with E-state index in [-0.39, 0.29) is 28.7 Å². The summed E-state index contributed by atoms with van der Waals surface area (Å²) in [7, 11) is 1.79. The molecule has 0 saturated heterocycles. The van der Waals surface area contributed by atoms with Crippen LogP contribution in [-0.2, 0) is 17.4 Å². The summed E-state index contributed by atoms with van der Waals surface area (Å²) in [6, 6.07) is 9.60. The Balaban J connectivity index is 1.62. The Hall–Kier alpha value is -3.20. The van der Waals surface area contributed by atoms with Gasteiger partial charge in [-0.3, -0.25) is 0 Å². The van der Waals surface area contributed by atoms with E-state index >= 15 is 4.39 Å². The van der Waals surface area contributed by atoms with Crippen molar-refractivity contribution in [1.29, 1.82) is 0 Å². The van der Waals surface area contributed by atoms with E-state index in [2.05, 4.69) is 4.72 Å². The predicted octanol–water partition coefficient (Wildman–Crippen LogP) is 4.52. The number of amides is 1. The molecule has 4 rings (SSSR count). The number of nitrogens with zero attached hydrogens (tertiary/aromatic N) is 1. The molecule has 1 atom stereocenters. The fourth-order valence-electron chi connectivity index (χ4n) is 3.60. The fraction of sp³-hybridized carbons (Fsp3) is 0.333. The molecule has 1 N–H and O–H groups in total. The molecule has 1 aromatic heterocycles. The number of rotatable bonds is 6. The number of aryl methyl sites for hydroxylation is 1. The van der Waals surface area contributed by atoms with Crippen LogP contribution in [0, 0.1) is 12.7 Å². The highest BCUT2D eigenvalue weighted by Gasteiger charge is 2.25. The quantitative estimate of drug-likeness (QED) is 0.533. The number of anilines is 1. The van der Waals surface area contributed by atoms with Crippen LogP contribution in [0.25, 0.3) is 11.0 Å². The number of hydrogen-bond donors (Lipinski definition) is 1. The molecule has 9 heteroatoms. The number of carbonyl (C=O) groups is 1. The first-order chi connectivity index (χ1) is 15.7. The van der Waals surface area contributed by atoms with E-state index in [0.717, 1.165) is 19.3 Å². The number of halogens is 1. The first-order valence-electron chi connectivity index (χ1n) is 10.6. The molecule has 0 spiro atoms. The minimum Gasteiger partial charge on any atom is -0.422 e. The summed E-state index contributed by atoms with van der Waals surface area (Å²) in [6.07, 6.45) is 2.26. The molecule has 1 unspecified atom stereocenters. The SMILES string of the molecule is Cc1c(Cc2cccc(NS(=O)C3CCC3)c2F)c(=O)oc2cc(OC(=O)N(C)C)ccc12. The maximum atomic E-state index is 15.1. The van der Waals surface area contributed by atoms with Gasteiger partial charge in [-0.25, -0.2) is 18.2 Å². The summed E-state index contributed by atoms with van der Waals surface area (Å²) in [6.45, 7) is 1.77. The predicted molar refractivity (Wildman–Crippen MR) is 126 cm³/mol. The van der Waals surface area contributed by atoms with Gasteiger partial charge in [-0.05, 0) is 49.1 Å². The normalized spacial score (nSPS) is 14.5. The van der Waals surface area contributed by atoms with Gasteiger partial charge in [-0.15, -0.1) is 0 Å². The number of nitrogens with one attached hydrogen (secondary N) is 1. The molecule has 3 aromatic rings. The van der Waals surface area contributed by atoms with Crippen molar-refractivity contribution in [2.45, 2.75) is 37.9 Å². The Morgan fingerprint density at radius 1 is 1.27 bits per heavy atom. The summed E-state index contributed by atoms with van der Waals surface area (Å²) < 4.78 is 40.9. The third-order valence-electron chi connectivity index (χ3n) is 5.84. The topological polar surface area (TPSA) is 88.9 Å². The molecule has 1 amide bonds. The van der Waals surface area contributed by atoms with Gasteiger partial charge in [0.2, 0.25) is 0 Å². The van der Waals surface area contributed by atoms with Gasteiger partial charge in [0.1, 0.15) is 22.3 Å². The second kappa shape index (κ2) is 9.35. The lowest BCUT2D eigenvalue weighted by Gasteiger charge is -2.25. The number of fused-ring (bicyclic) bond motifs is 1. The molecule has 1 heterocycles. The summed E-state index contributed by atoms with van der Waals surface area (Å²) in [5.41, 5.74) is 1.13. The zero-order valence-electron chi connectivity index (χ0n) is 18.6. The van der Waals surface area contributed by atoms with Gasteiger partial charge in [0.25, 0.3) is 0 Å². The highest BCUT2D eigenvalue weighted by Crippen LogP contribution is 2.29. The van der Waals surface area contributed by atoms with Crippen LogP contribution in [0.15, 0.2) is 45.6 Å². The minimum atomic E-state index is -1.34. The van der Waals surface area contributed by atoms with E-state index in [1.54, 1.807) is 51.4 Å². The van der Waals surface area contributed by atoms with Gasteiger partial charge in [-0.1, -0.05) is 18.6 Å². The van der Waals surface area contributed by atoms with Gasteiger partial charge in [0, 0.05) is 37.5 Å². The van der Waals surface area contributed by atoms with Crippen molar-refractivity contribution < 1.29 is 22.5 Å². The standard InChI is InChI=1S/C24H25FN2O5S/c1-14-18-11-10-16(31-24(29)27(2)3)13-21(18)32-23(28)19(14)12-15-6-4-9-20(22(15)25)26-33(30)17-7-5-8-17/h4,6,9-11,13,17,26H,5,7-8,12H2,1-3H3. The van der Waals surface area contributed by atoms with Crippen molar-refractivity contribution in [3.63, 3.8) is 0 Å².